The van der Waals surface area contributed by atoms with Crippen LogP contribution >= 0.6 is 12.6 Å². The number of rotatable bonds is 13. The van der Waals surface area contributed by atoms with Crippen LogP contribution in [0.15, 0.2) is 54.7 Å². The molecule has 8 N–H and O–H groups in total. The number of carbonyl (C=O) groups excluding carboxylic acids is 3. The van der Waals surface area contributed by atoms with E-state index in [4.69, 9.17) is 5.73 Å². The second-order valence-electron chi connectivity index (χ2n) is 9.91. The summed E-state index contributed by atoms with van der Waals surface area (Å²) in [7, 11) is 0. The van der Waals surface area contributed by atoms with Crippen LogP contribution in [0.5, 0.6) is 5.75 Å². The first-order valence-electron chi connectivity index (χ1n) is 12.8. The number of thiol groups is 1. The summed E-state index contributed by atoms with van der Waals surface area (Å²) in [5.41, 5.74) is 7.99. The van der Waals surface area contributed by atoms with Crippen molar-refractivity contribution in [1.29, 1.82) is 0 Å². The molecule has 0 aliphatic heterocycles. The van der Waals surface area contributed by atoms with Gasteiger partial charge in [-0.1, -0.05) is 44.2 Å². The number of carboxylic acid groups (broad SMARTS) is 1. The summed E-state index contributed by atoms with van der Waals surface area (Å²) in [5.74, 6) is -3.43. The van der Waals surface area contributed by atoms with E-state index in [0.717, 1.165) is 16.5 Å². The van der Waals surface area contributed by atoms with Crippen molar-refractivity contribution in [2.24, 2.45) is 11.7 Å². The lowest BCUT2D eigenvalue weighted by atomic mass is 9.99. The number of para-hydroxylation sites is 1. The zero-order valence-corrected chi connectivity index (χ0v) is 23.2. The highest BCUT2D eigenvalue weighted by Gasteiger charge is 2.32. The van der Waals surface area contributed by atoms with Crippen molar-refractivity contribution in [2.75, 3.05) is 5.75 Å². The third-order valence-corrected chi connectivity index (χ3v) is 6.90. The minimum absolute atomic E-state index is 0.0327. The predicted octanol–water partition coefficient (Wildman–Crippen LogP) is 1.11. The van der Waals surface area contributed by atoms with Crippen molar-refractivity contribution in [1.82, 2.24) is 20.9 Å². The summed E-state index contributed by atoms with van der Waals surface area (Å²) >= 11 is 4.03. The fourth-order valence-electron chi connectivity index (χ4n) is 4.21. The van der Waals surface area contributed by atoms with Gasteiger partial charge in [-0.25, -0.2) is 4.79 Å². The summed E-state index contributed by atoms with van der Waals surface area (Å²) in [5, 5.41) is 28.1. The van der Waals surface area contributed by atoms with Crippen LogP contribution in [-0.4, -0.2) is 68.8 Å². The number of phenolic OH excluding ortho intramolecular Hbond substituents is 1. The molecule has 11 nitrogen and oxygen atoms in total. The van der Waals surface area contributed by atoms with Crippen molar-refractivity contribution >= 4 is 47.2 Å². The van der Waals surface area contributed by atoms with E-state index in [0.29, 0.717) is 5.56 Å². The van der Waals surface area contributed by atoms with Gasteiger partial charge < -0.3 is 36.9 Å². The van der Waals surface area contributed by atoms with Gasteiger partial charge in [0.05, 0.1) is 6.04 Å². The molecule has 40 heavy (non-hydrogen) atoms. The van der Waals surface area contributed by atoms with Gasteiger partial charge in [0.1, 0.15) is 23.9 Å². The summed E-state index contributed by atoms with van der Waals surface area (Å²) in [6.45, 7) is 3.43. The predicted molar refractivity (Wildman–Crippen MR) is 154 cm³/mol. The molecule has 3 aromatic rings. The van der Waals surface area contributed by atoms with E-state index in [1.165, 1.54) is 12.1 Å². The number of aliphatic carboxylic acids is 1. The van der Waals surface area contributed by atoms with Gasteiger partial charge in [-0.05, 0) is 35.2 Å². The first-order chi connectivity index (χ1) is 19.0. The number of phenols is 1. The molecule has 0 spiro atoms. The van der Waals surface area contributed by atoms with Crippen molar-refractivity contribution in [3.8, 4) is 5.75 Å². The standard InChI is InChI=1S/C28H35N5O6S/c1-15(2)24(27(37)32-23(28(38)39)12-17-13-30-21-6-4-3-5-19(17)21)33-26(36)22(31-25(35)20(29)14-40)11-16-7-9-18(34)10-8-16/h3-10,13,15,20,22-24,30,34,40H,11-12,14,29H2,1-2H3,(H,31,35)(H,32,37)(H,33,36)(H,38,39). The van der Waals surface area contributed by atoms with E-state index in [2.05, 4.69) is 33.6 Å². The number of H-pyrrole nitrogens is 1. The van der Waals surface area contributed by atoms with E-state index >= 15 is 0 Å². The number of benzene rings is 2. The third kappa shape index (κ3) is 7.99. The molecule has 3 rings (SSSR count). The van der Waals surface area contributed by atoms with Crippen LogP contribution in [0.4, 0.5) is 0 Å². The maximum atomic E-state index is 13.4. The van der Waals surface area contributed by atoms with E-state index in [1.54, 1.807) is 32.2 Å². The number of aromatic amines is 1. The summed E-state index contributed by atoms with van der Waals surface area (Å²) in [4.78, 5) is 54.3. The van der Waals surface area contributed by atoms with Gasteiger partial charge in [0.2, 0.25) is 17.7 Å². The summed E-state index contributed by atoms with van der Waals surface area (Å²) in [6.07, 6.45) is 1.80. The zero-order valence-electron chi connectivity index (χ0n) is 22.3. The second-order valence-corrected chi connectivity index (χ2v) is 10.3. The molecule has 3 amide bonds. The molecule has 0 bridgehead atoms. The van der Waals surface area contributed by atoms with E-state index in [9.17, 15) is 29.4 Å². The first kappa shape index (κ1) is 30.5. The lowest BCUT2D eigenvalue weighted by molar-refractivity contribution is -0.142. The smallest absolute Gasteiger partial charge is 0.326 e. The summed E-state index contributed by atoms with van der Waals surface area (Å²) < 4.78 is 0. The van der Waals surface area contributed by atoms with Crippen molar-refractivity contribution < 1.29 is 29.4 Å². The molecule has 0 saturated heterocycles. The number of fused-ring (bicyclic) bond motifs is 1. The third-order valence-electron chi connectivity index (χ3n) is 6.50. The van der Waals surface area contributed by atoms with E-state index in [-0.39, 0.29) is 24.3 Å². The number of carbonyl (C=O) groups is 4. The van der Waals surface area contributed by atoms with Crippen LogP contribution < -0.4 is 21.7 Å². The van der Waals surface area contributed by atoms with Crippen LogP contribution in [0.25, 0.3) is 10.9 Å². The topological polar surface area (TPSA) is 187 Å². The molecule has 0 aliphatic rings. The van der Waals surface area contributed by atoms with Crippen molar-refractivity contribution in [3.63, 3.8) is 0 Å². The Kier molecular flexibility index (Phi) is 10.6. The molecule has 1 aromatic heterocycles. The number of nitrogens with one attached hydrogen (secondary N) is 4. The largest absolute Gasteiger partial charge is 0.508 e. The molecule has 0 saturated carbocycles. The molecular weight excluding hydrogens is 534 g/mol. The lowest BCUT2D eigenvalue weighted by Gasteiger charge is -2.27. The molecule has 0 aliphatic carbocycles. The average Bonchev–Trinajstić information content (AvgIpc) is 3.33. The Balaban J connectivity index is 1.76. The number of aromatic nitrogens is 1. The number of carboxylic acids is 1. The molecule has 2 aromatic carbocycles. The highest BCUT2D eigenvalue weighted by atomic mass is 32.1. The monoisotopic (exact) mass is 569 g/mol. The van der Waals surface area contributed by atoms with Gasteiger partial charge in [0.15, 0.2) is 0 Å². The maximum absolute atomic E-state index is 13.4. The summed E-state index contributed by atoms with van der Waals surface area (Å²) in [6, 6.07) is 9.17. The average molecular weight is 570 g/mol. The normalized spacial score (nSPS) is 14.2. The quantitative estimate of drug-likeness (QED) is 0.142. The molecule has 0 radical (unpaired) electrons. The number of hydrogen-bond acceptors (Lipinski definition) is 7. The molecule has 12 heteroatoms. The van der Waals surface area contributed by atoms with E-state index in [1.807, 2.05) is 24.3 Å². The Morgan fingerprint density at radius 1 is 0.900 bits per heavy atom. The molecule has 0 fully saturated rings. The minimum Gasteiger partial charge on any atom is -0.508 e. The number of amides is 3. The second kappa shape index (κ2) is 13.9. The number of hydrogen-bond donors (Lipinski definition) is 8. The SMILES string of the molecule is CC(C)C(NC(=O)C(Cc1ccc(O)cc1)NC(=O)C(N)CS)C(=O)NC(Cc1c[nH]c2ccccc12)C(=O)O. The Bertz CT molecular complexity index is 1340. The van der Waals surface area contributed by atoms with Crippen LogP contribution in [-0.2, 0) is 32.0 Å². The molecule has 4 unspecified atom stereocenters. The molecule has 4 atom stereocenters. The Morgan fingerprint density at radius 3 is 2.17 bits per heavy atom. The Hall–Kier alpha value is -4.03. The fourth-order valence-corrected chi connectivity index (χ4v) is 4.38. The van der Waals surface area contributed by atoms with Gasteiger partial charge in [0.25, 0.3) is 0 Å². The maximum Gasteiger partial charge on any atom is 0.326 e. The van der Waals surface area contributed by atoms with Crippen molar-refractivity contribution in [3.05, 3.63) is 65.9 Å². The van der Waals surface area contributed by atoms with Gasteiger partial charge in [-0.2, -0.15) is 12.6 Å². The number of nitrogens with two attached hydrogens (primary N) is 1. The fraction of sp³-hybridized carbons (Fsp3) is 0.357. The van der Waals surface area contributed by atoms with Crippen LogP contribution in [0.2, 0.25) is 0 Å². The van der Waals surface area contributed by atoms with Crippen LogP contribution in [0.1, 0.15) is 25.0 Å². The lowest BCUT2D eigenvalue weighted by Crippen LogP contribution is -2.59. The Labute approximate surface area is 237 Å². The van der Waals surface area contributed by atoms with Gasteiger partial charge >= 0.3 is 5.97 Å². The first-order valence-corrected chi connectivity index (χ1v) is 13.5. The molecular formula is C28H35N5O6S. The van der Waals surface area contributed by atoms with E-state index < -0.39 is 53.8 Å². The van der Waals surface area contributed by atoms with Crippen molar-refractivity contribution in [2.45, 2.75) is 50.9 Å². The van der Waals surface area contributed by atoms with Crippen LogP contribution in [0.3, 0.4) is 0 Å². The highest BCUT2D eigenvalue weighted by molar-refractivity contribution is 7.80. The highest BCUT2D eigenvalue weighted by Crippen LogP contribution is 2.19. The van der Waals surface area contributed by atoms with Gasteiger partial charge in [-0.15, -0.1) is 0 Å². The molecule has 214 valence electrons. The molecule has 1 heterocycles. The zero-order chi connectivity index (χ0) is 29.4. The van der Waals surface area contributed by atoms with Gasteiger partial charge in [0, 0.05) is 35.7 Å². The van der Waals surface area contributed by atoms with Gasteiger partial charge in [-0.3, -0.25) is 14.4 Å². The Morgan fingerprint density at radius 2 is 1.55 bits per heavy atom. The minimum atomic E-state index is -1.24. The van der Waals surface area contributed by atoms with Crippen LogP contribution in [0, 0.1) is 5.92 Å². The number of aromatic hydroxyl groups is 1.